The maximum absolute atomic E-state index is 13.0. The van der Waals surface area contributed by atoms with E-state index < -0.39 is 15.4 Å². The van der Waals surface area contributed by atoms with E-state index in [2.05, 4.69) is 5.32 Å². The third kappa shape index (κ3) is 4.76. The molecule has 1 heterocycles. The standard InChI is InChI=1S/C22H25FN2O4S/c1-16(26)18-5-9-20(10-6-18)30(28,29)25-13-11-22(2,12-14-25)21(27)24-15-17-3-7-19(23)8-4-17/h3-10H,11-15H2,1-2H3,(H,24,27). The third-order valence-corrected chi connectivity index (χ3v) is 7.55. The number of amides is 1. The van der Waals surface area contributed by atoms with Gasteiger partial charge in [-0.25, -0.2) is 12.8 Å². The van der Waals surface area contributed by atoms with Crippen LogP contribution in [0.1, 0.15) is 42.6 Å². The number of rotatable bonds is 6. The topological polar surface area (TPSA) is 83.6 Å². The van der Waals surface area contributed by atoms with Crippen molar-refractivity contribution in [2.75, 3.05) is 13.1 Å². The van der Waals surface area contributed by atoms with Crippen LogP contribution in [0.4, 0.5) is 4.39 Å². The van der Waals surface area contributed by atoms with Gasteiger partial charge in [0, 0.05) is 30.6 Å². The van der Waals surface area contributed by atoms with Crippen molar-refractivity contribution in [2.45, 2.75) is 38.1 Å². The Labute approximate surface area is 176 Å². The van der Waals surface area contributed by atoms with Gasteiger partial charge in [0.2, 0.25) is 15.9 Å². The smallest absolute Gasteiger partial charge is 0.243 e. The molecule has 160 valence electrons. The van der Waals surface area contributed by atoms with E-state index in [9.17, 15) is 22.4 Å². The fourth-order valence-electron chi connectivity index (χ4n) is 3.46. The Bertz CT molecular complexity index is 1030. The Hall–Kier alpha value is -2.58. The Balaban J connectivity index is 1.61. The molecule has 0 radical (unpaired) electrons. The maximum atomic E-state index is 13.0. The summed E-state index contributed by atoms with van der Waals surface area (Å²) in [5, 5.41) is 2.87. The van der Waals surface area contributed by atoms with Gasteiger partial charge < -0.3 is 5.32 Å². The Morgan fingerprint density at radius 1 is 1.03 bits per heavy atom. The average Bonchev–Trinajstić information content (AvgIpc) is 2.73. The summed E-state index contributed by atoms with van der Waals surface area (Å²) in [5.41, 5.74) is 0.574. The Morgan fingerprint density at radius 3 is 2.13 bits per heavy atom. The predicted octanol–water partition coefficient (Wildman–Crippen LogP) is 3.14. The minimum absolute atomic E-state index is 0.126. The summed E-state index contributed by atoms with van der Waals surface area (Å²) < 4.78 is 40.2. The van der Waals surface area contributed by atoms with Crippen molar-refractivity contribution in [1.82, 2.24) is 9.62 Å². The van der Waals surface area contributed by atoms with Gasteiger partial charge in [0.1, 0.15) is 5.82 Å². The first-order valence-corrected chi connectivity index (χ1v) is 11.2. The molecule has 1 amide bonds. The number of halogens is 1. The highest BCUT2D eigenvalue weighted by Gasteiger charge is 2.40. The van der Waals surface area contributed by atoms with Gasteiger partial charge in [0.05, 0.1) is 4.90 Å². The van der Waals surface area contributed by atoms with E-state index in [4.69, 9.17) is 0 Å². The second-order valence-electron chi connectivity index (χ2n) is 7.85. The maximum Gasteiger partial charge on any atom is 0.243 e. The molecule has 1 aliphatic heterocycles. The van der Waals surface area contributed by atoms with Crippen molar-refractivity contribution >= 4 is 21.7 Å². The van der Waals surface area contributed by atoms with E-state index in [-0.39, 0.29) is 35.5 Å². The number of piperidine rings is 1. The number of carbonyl (C=O) groups excluding carboxylic acids is 2. The molecule has 1 fully saturated rings. The van der Waals surface area contributed by atoms with Crippen LogP contribution in [0.15, 0.2) is 53.4 Å². The number of carbonyl (C=O) groups is 2. The highest BCUT2D eigenvalue weighted by molar-refractivity contribution is 7.89. The molecule has 1 saturated heterocycles. The largest absolute Gasteiger partial charge is 0.352 e. The highest BCUT2D eigenvalue weighted by Crippen LogP contribution is 2.33. The van der Waals surface area contributed by atoms with Crippen molar-refractivity contribution in [3.05, 3.63) is 65.5 Å². The molecule has 8 heteroatoms. The zero-order chi connectivity index (χ0) is 21.9. The van der Waals surface area contributed by atoms with E-state index in [1.54, 1.807) is 12.1 Å². The summed E-state index contributed by atoms with van der Waals surface area (Å²) in [6, 6.07) is 11.8. The molecular weight excluding hydrogens is 407 g/mol. The lowest BCUT2D eigenvalue weighted by molar-refractivity contribution is -0.132. The molecule has 0 aromatic heterocycles. The number of hydrogen-bond donors (Lipinski definition) is 1. The molecule has 1 N–H and O–H groups in total. The van der Waals surface area contributed by atoms with Crippen molar-refractivity contribution in [3.8, 4) is 0 Å². The lowest BCUT2D eigenvalue weighted by atomic mass is 9.80. The van der Waals surface area contributed by atoms with Gasteiger partial charge in [-0.2, -0.15) is 4.31 Å². The molecule has 0 spiro atoms. The molecule has 2 aromatic rings. The van der Waals surface area contributed by atoms with Crippen LogP contribution in [0.5, 0.6) is 0 Å². The van der Waals surface area contributed by atoms with Crippen molar-refractivity contribution in [1.29, 1.82) is 0 Å². The summed E-state index contributed by atoms with van der Waals surface area (Å²) in [7, 11) is -3.68. The second-order valence-corrected chi connectivity index (χ2v) is 9.79. The molecule has 0 bridgehead atoms. The minimum atomic E-state index is -3.68. The lowest BCUT2D eigenvalue weighted by Gasteiger charge is -2.37. The van der Waals surface area contributed by atoms with Gasteiger partial charge in [-0.1, -0.05) is 31.2 Å². The molecular formula is C22H25FN2O4S. The normalized spacial score (nSPS) is 16.8. The van der Waals surface area contributed by atoms with Gasteiger partial charge in [-0.15, -0.1) is 0 Å². The summed E-state index contributed by atoms with van der Waals surface area (Å²) in [4.78, 5) is 24.2. The number of sulfonamides is 1. The van der Waals surface area contributed by atoms with Crippen LogP contribution in [0.3, 0.4) is 0 Å². The summed E-state index contributed by atoms with van der Waals surface area (Å²) in [5.74, 6) is -0.601. The van der Waals surface area contributed by atoms with Gasteiger partial charge in [-0.05, 0) is 49.6 Å². The quantitative estimate of drug-likeness (QED) is 0.711. The van der Waals surface area contributed by atoms with E-state index >= 15 is 0 Å². The first-order valence-electron chi connectivity index (χ1n) is 9.76. The van der Waals surface area contributed by atoms with Gasteiger partial charge >= 0.3 is 0 Å². The van der Waals surface area contributed by atoms with Crippen LogP contribution in [0.2, 0.25) is 0 Å². The fraction of sp³-hybridized carbons (Fsp3) is 0.364. The number of nitrogens with zero attached hydrogens (tertiary/aromatic N) is 1. The number of nitrogens with one attached hydrogen (secondary N) is 1. The predicted molar refractivity (Wildman–Crippen MR) is 111 cm³/mol. The molecule has 0 atom stereocenters. The number of ketones is 1. The van der Waals surface area contributed by atoms with Gasteiger partial charge in [0.15, 0.2) is 5.78 Å². The molecule has 6 nitrogen and oxygen atoms in total. The first-order chi connectivity index (χ1) is 14.1. The fourth-order valence-corrected chi connectivity index (χ4v) is 4.90. The third-order valence-electron chi connectivity index (χ3n) is 5.64. The van der Waals surface area contributed by atoms with Gasteiger partial charge in [-0.3, -0.25) is 9.59 Å². The Kier molecular flexibility index (Phi) is 6.38. The SMILES string of the molecule is CC(=O)c1ccc(S(=O)(=O)N2CCC(C)(C(=O)NCc3ccc(F)cc3)CC2)cc1. The summed E-state index contributed by atoms with van der Waals surface area (Å²) >= 11 is 0. The van der Waals surface area contributed by atoms with E-state index in [1.807, 2.05) is 6.92 Å². The zero-order valence-corrected chi connectivity index (χ0v) is 17.8. The number of Topliss-reactive ketones (excluding diaryl/α,β-unsaturated/α-hetero) is 1. The van der Waals surface area contributed by atoms with Crippen LogP contribution >= 0.6 is 0 Å². The van der Waals surface area contributed by atoms with Crippen LogP contribution < -0.4 is 5.32 Å². The van der Waals surface area contributed by atoms with Crippen LogP contribution in [-0.2, 0) is 21.4 Å². The van der Waals surface area contributed by atoms with E-state index in [0.29, 0.717) is 24.9 Å². The molecule has 2 aromatic carbocycles. The highest BCUT2D eigenvalue weighted by atomic mass is 32.2. The molecule has 30 heavy (non-hydrogen) atoms. The lowest BCUT2D eigenvalue weighted by Crippen LogP contribution is -2.48. The van der Waals surface area contributed by atoms with Gasteiger partial charge in [0.25, 0.3) is 0 Å². The van der Waals surface area contributed by atoms with E-state index in [1.165, 1.54) is 47.6 Å². The van der Waals surface area contributed by atoms with Crippen molar-refractivity contribution in [3.63, 3.8) is 0 Å². The molecule has 0 saturated carbocycles. The first kappa shape index (κ1) is 22.1. The molecule has 0 unspecified atom stereocenters. The molecule has 1 aliphatic rings. The summed E-state index contributed by atoms with van der Waals surface area (Å²) in [6.07, 6.45) is 0.792. The molecule has 0 aliphatic carbocycles. The second kappa shape index (κ2) is 8.65. The van der Waals surface area contributed by atoms with Crippen molar-refractivity contribution in [2.24, 2.45) is 5.41 Å². The molecule has 3 rings (SSSR count). The van der Waals surface area contributed by atoms with Crippen LogP contribution in [0.25, 0.3) is 0 Å². The minimum Gasteiger partial charge on any atom is -0.352 e. The van der Waals surface area contributed by atoms with Crippen molar-refractivity contribution < 1.29 is 22.4 Å². The van der Waals surface area contributed by atoms with E-state index in [0.717, 1.165) is 5.56 Å². The zero-order valence-electron chi connectivity index (χ0n) is 17.0. The number of hydrogen-bond acceptors (Lipinski definition) is 4. The monoisotopic (exact) mass is 432 g/mol. The van der Waals surface area contributed by atoms with Crippen LogP contribution in [-0.4, -0.2) is 37.5 Å². The Morgan fingerprint density at radius 2 is 1.60 bits per heavy atom. The number of benzene rings is 2. The summed E-state index contributed by atoms with van der Waals surface area (Å²) in [6.45, 7) is 4.02. The average molecular weight is 433 g/mol. The van der Waals surface area contributed by atoms with Crippen LogP contribution in [0, 0.1) is 11.2 Å².